The SMILES string of the molecule is Cc1ccc(Br)c2c1C(C)(C)CN2C(=O)c1ccc(CNC(=O)c2cc(S(=O)(=O)N(C)C)ccc2Cl)cc1. The minimum Gasteiger partial charge on any atom is -0.348 e. The molecule has 3 aromatic rings. The van der Waals surface area contributed by atoms with E-state index in [9.17, 15) is 18.0 Å². The summed E-state index contributed by atoms with van der Waals surface area (Å²) in [6.07, 6.45) is 0. The van der Waals surface area contributed by atoms with Crippen LogP contribution in [-0.2, 0) is 22.0 Å². The Labute approximate surface area is 237 Å². The molecule has 7 nitrogen and oxygen atoms in total. The van der Waals surface area contributed by atoms with Gasteiger partial charge in [0.2, 0.25) is 10.0 Å². The second-order valence-electron chi connectivity index (χ2n) is 10.2. The number of carbonyl (C=O) groups is 2. The molecule has 4 rings (SSSR count). The summed E-state index contributed by atoms with van der Waals surface area (Å²) in [7, 11) is -0.876. The average molecular weight is 619 g/mol. The van der Waals surface area contributed by atoms with Crippen molar-refractivity contribution >= 4 is 55.1 Å². The van der Waals surface area contributed by atoms with Crippen molar-refractivity contribution in [1.82, 2.24) is 9.62 Å². The Morgan fingerprint density at radius 1 is 1.08 bits per heavy atom. The third-order valence-electron chi connectivity index (χ3n) is 6.70. The molecule has 3 aromatic carbocycles. The van der Waals surface area contributed by atoms with Crippen LogP contribution in [0.5, 0.6) is 0 Å². The number of rotatable bonds is 6. The second kappa shape index (κ2) is 10.4. The molecule has 1 aliphatic heterocycles. The molecule has 0 bridgehead atoms. The zero-order chi connectivity index (χ0) is 28.0. The zero-order valence-electron chi connectivity index (χ0n) is 21.8. The van der Waals surface area contributed by atoms with Gasteiger partial charge in [0, 0.05) is 42.6 Å². The molecule has 1 N–H and O–H groups in total. The molecule has 0 unspecified atom stereocenters. The number of hydrogen-bond acceptors (Lipinski definition) is 4. The standard InChI is InChI=1S/C28H29BrClN3O4S/c1-17-6-12-22(29)25-24(17)28(2,3)16-33(25)27(35)19-9-7-18(8-10-19)15-31-26(34)21-14-20(11-13-23(21)30)38(36,37)32(4)5/h6-14H,15-16H2,1-5H3,(H,31,34). The monoisotopic (exact) mass is 617 g/mol. The Morgan fingerprint density at radius 2 is 1.74 bits per heavy atom. The van der Waals surface area contributed by atoms with E-state index in [1.165, 1.54) is 37.9 Å². The number of nitrogens with one attached hydrogen (secondary N) is 1. The van der Waals surface area contributed by atoms with E-state index in [1.807, 2.05) is 11.0 Å². The number of benzene rings is 3. The van der Waals surface area contributed by atoms with Crippen molar-refractivity contribution in [2.45, 2.75) is 37.6 Å². The van der Waals surface area contributed by atoms with E-state index in [2.05, 4.69) is 48.1 Å². The van der Waals surface area contributed by atoms with Crippen LogP contribution >= 0.6 is 27.5 Å². The van der Waals surface area contributed by atoms with Gasteiger partial charge >= 0.3 is 0 Å². The van der Waals surface area contributed by atoms with Crippen LogP contribution in [-0.4, -0.2) is 45.2 Å². The van der Waals surface area contributed by atoms with E-state index in [-0.39, 0.29) is 33.3 Å². The maximum atomic E-state index is 13.5. The summed E-state index contributed by atoms with van der Waals surface area (Å²) in [6, 6.07) is 15.1. The molecular weight excluding hydrogens is 590 g/mol. The summed E-state index contributed by atoms with van der Waals surface area (Å²) in [5.74, 6) is -0.591. The van der Waals surface area contributed by atoms with Gasteiger partial charge in [0.1, 0.15) is 0 Å². The second-order valence-corrected chi connectivity index (χ2v) is 13.6. The summed E-state index contributed by atoms with van der Waals surface area (Å²) >= 11 is 9.81. The summed E-state index contributed by atoms with van der Waals surface area (Å²) in [6.45, 7) is 7.10. The first-order chi connectivity index (χ1) is 17.7. The highest BCUT2D eigenvalue weighted by molar-refractivity contribution is 9.10. The zero-order valence-corrected chi connectivity index (χ0v) is 25.0. The van der Waals surface area contributed by atoms with E-state index >= 15 is 0 Å². The maximum Gasteiger partial charge on any atom is 0.258 e. The molecule has 0 atom stereocenters. The Morgan fingerprint density at radius 3 is 2.37 bits per heavy atom. The lowest BCUT2D eigenvalue weighted by molar-refractivity contribution is 0.0948. The number of carbonyl (C=O) groups excluding carboxylic acids is 2. The quantitative estimate of drug-likeness (QED) is 0.394. The number of sulfonamides is 1. The van der Waals surface area contributed by atoms with E-state index in [4.69, 9.17) is 11.6 Å². The Hall–Kier alpha value is -2.72. The molecule has 200 valence electrons. The van der Waals surface area contributed by atoms with Crippen LogP contribution in [0.15, 0.2) is 64.0 Å². The lowest BCUT2D eigenvalue weighted by atomic mass is 9.84. The highest BCUT2D eigenvalue weighted by atomic mass is 79.9. The van der Waals surface area contributed by atoms with Crippen molar-refractivity contribution < 1.29 is 18.0 Å². The van der Waals surface area contributed by atoms with E-state index in [1.54, 1.807) is 24.3 Å². The fraction of sp³-hybridized carbons (Fsp3) is 0.286. The van der Waals surface area contributed by atoms with Crippen molar-refractivity contribution in [3.63, 3.8) is 0 Å². The molecular formula is C28H29BrClN3O4S. The highest BCUT2D eigenvalue weighted by Gasteiger charge is 2.40. The molecule has 0 saturated heterocycles. The van der Waals surface area contributed by atoms with Crippen molar-refractivity contribution in [3.05, 3.63) is 91.9 Å². The van der Waals surface area contributed by atoms with Gasteiger partial charge < -0.3 is 10.2 Å². The normalized spacial score (nSPS) is 14.5. The molecule has 38 heavy (non-hydrogen) atoms. The number of hydrogen-bond donors (Lipinski definition) is 1. The van der Waals surface area contributed by atoms with Crippen molar-refractivity contribution in [1.29, 1.82) is 0 Å². The van der Waals surface area contributed by atoms with Crippen LogP contribution in [0.3, 0.4) is 0 Å². The number of halogens is 2. The van der Waals surface area contributed by atoms with E-state index < -0.39 is 15.9 Å². The van der Waals surface area contributed by atoms with Crippen LogP contribution in [0.25, 0.3) is 0 Å². The van der Waals surface area contributed by atoms with Crippen LogP contribution in [0.1, 0.15) is 51.3 Å². The summed E-state index contributed by atoms with van der Waals surface area (Å²) in [4.78, 5) is 28.1. The number of nitrogens with zero attached hydrogens (tertiary/aromatic N) is 2. The predicted molar refractivity (Wildman–Crippen MR) is 154 cm³/mol. The molecule has 0 aliphatic carbocycles. The van der Waals surface area contributed by atoms with Crippen molar-refractivity contribution in [2.24, 2.45) is 0 Å². The molecule has 0 radical (unpaired) electrons. The molecule has 0 saturated carbocycles. The fourth-order valence-corrected chi connectivity index (χ4v) is 6.44. The highest BCUT2D eigenvalue weighted by Crippen LogP contribution is 2.46. The first-order valence-electron chi connectivity index (χ1n) is 11.9. The molecule has 1 heterocycles. The van der Waals surface area contributed by atoms with E-state index in [0.717, 1.165) is 25.6 Å². The minimum absolute atomic E-state index is 0.0200. The molecule has 10 heteroatoms. The van der Waals surface area contributed by atoms with Crippen LogP contribution < -0.4 is 10.2 Å². The van der Waals surface area contributed by atoms with Gasteiger partial charge in [-0.3, -0.25) is 9.59 Å². The molecule has 2 amide bonds. The maximum absolute atomic E-state index is 13.5. The van der Waals surface area contributed by atoms with Gasteiger partial charge in [-0.15, -0.1) is 0 Å². The number of fused-ring (bicyclic) bond motifs is 1. The summed E-state index contributed by atoms with van der Waals surface area (Å²) < 4.78 is 26.8. The largest absolute Gasteiger partial charge is 0.348 e. The van der Waals surface area contributed by atoms with Gasteiger partial charge in [0.25, 0.3) is 11.8 Å². The van der Waals surface area contributed by atoms with Gasteiger partial charge in [0.05, 0.1) is 21.2 Å². The number of anilines is 1. The van der Waals surface area contributed by atoms with Gasteiger partial charge in [-0.1, -0.05) is 43.6 Å². The van der Waals surface area contributed by atoms with Gasteiger partial charge in [0.15, 0.2) is 0 Å². The van der Waals surface area contributed by atoms with Gasteiger partial charge in [-0.2, -0.15) is 0 Å². The van der Waals surface area contributed by atoms with Gasteiger partial charge in [-0.05, 0) is 75.9 Å². The molecule has 0 aromatic heterocycles. The third-order valence-corrected chi connectivity index (χ3v) is 9.48. The molecule has 1 aliphatic rings. The van der Waals surface area contributed by atoms with E-state index in [0.29, 0.717) is 12.1 Å². The predicted octanol–water partition coefficient (Wildman–Crippen LogP) is 5.53. The lowest BCUT2D eigenvalue weighted by Crippen LogP contribution is -2.34. The minimum atomic E-state index is -3.71. The van der Waals surface area contributed by atoms with Crippen LogP contribution in [0.2, 0.25) is 5.02 Å². The smallest absolute Gasteiger partial charge is 0.258 e. The number of amides is 2. The first-order valence-corrected chi connectivity index (χ1v) is 14.6. The molecule has 0 fully saturated rings. The van der Waals surface area contributed by atoms with Gasteiger partial charge in [-0.25, -0.2) is 12.7 Å². The van der Waals surface area contributed by atoms with Crippen LogP contribution in [0, 0.1) is 6.92 Å². The topological polar surface area (TPSA) is 86.8 Å². The first kappa shape index (κ1) is 28.3. The summed E-state index contributed by atoms with van der Waals surface area (Å²) in [5.41, 5.74) is 4.45. The Kier molecular flexibility index (Phi) is 7.78. The average Bonchev–Trinajstić information content (AvgIpc) is 3.17. The number of aryl methyl sites for hydroxylation is 1. The molecule has 0 spiro atoms. The summed E-state index contributed by atoms with van der Waals surface area (Å²) in [5, 5.41) is 2.92. The Bertz CT molecular complexity index is 1540. The van der Waals surface area contributed by atoms with Crippen LogP contribution in [0.4, 0.5) is 5.69 Å². The van der Waals surface area contributed by atoms with Crippen molar-refractivity contribution in [2.75, 3.05) is 25.5 Å². The van der Waals surface area contributed by atoms with Crippen molar-refractivity contribution in [3.8, 4) is 0 Å². The fourth-order valence-electron chi connectivity index (χ4n) is 4.76. The Balaban J connectivity index is 1.49. The lowest BCUT2D eigenvalue weighted by Gasteiger charge is -2.21. The third kappa shape index (κ3) is 5.25.